The van der Waals surface area contributed by atoms with E-state index in [9.17, 15) is 4.79 Å². The van der Waals surface area contributed by atoms with Crippen molar-refractivity contribution in [2.75, 3.05) is 17.3 Å². The fourth-order valence-electron chi connectivity index (χ4n) is 3.10. The average molecular weight is 308 g/mol. The fraction of sp³-hybridized carbons (Fsp3) is 0.611. The first-order valence-electron chi connectivity index (χ1n) is 8.08. The molecule has 0 bridgehead atoms. The van der Waals surface area contributed by atoms with E-state index in [0.29, 0.717) is 11.8 Å². The number of anilines is 1. The van der Waals surface area contributed by atoms with Gasteiger partial charge in [-0.1, -0.05) is 45.2 Å². The summed E-state index contributed by atoms with van der Waals surface area (Å²) in [7, 11) is 0. The van der Waals surface area contributed by atoms with E-state index in [-0.39, 0.29) is 11.8 Å². The van der Waals surface area contributed by atoms with Crippen LogP contribution >= 0.6 is 11.6 Å². The van der Waals surface area contributed by atoms with E-state index in [2.05, 4.69) is 26.0 Å². The summed E-state index contributed by atoms with van der Waals surface area (Å²) in [6, 6.07) is 8.33. The molecule has 116 valence electrons. The Balaban J connectivity index is 2.18. The lowest BCUT2D eigenvalue weighted by atomic mass is 9.88. The van der Waals surface area contributed by atoms with Crippen molar-refractivity contribution in [3.05, 3.63) is 29.8 Å². The smallest absolute Gasteiger partial charge is 0.241 e. The van der Waals surface area contributed by atoms with Crippen LogP contribution in [0.3, 0.4) is 0 Å². The highest BCUT2D eigenvalue weighted by atomic mass is 35.5. The summed E-state index contributed by atoms with van der Waals surface area (Å²) in [4.78, 5) is 14.2. The Labute approximate surface area is 133 Å². The van der Waals surface area contributed by atoms with Crippen LogP contribution < -0.4 is 4.90 Å². The summed E-state index contributed by atoms with van der Waals surface area (Å²) < 4.78 is 0. The van der Waals surface area contributed by atoms with E-state index >= 15 is 0 Å². The van der Waals surface area contributed by atoms with Gasteiger partial charge in [0.15, 0.2) is 0 Å². The normalized spacial score (nSPS) is 16.2. The minimum atomic E-state index is 0.0168. The lowest BCUT2D eigenvalue weighted by Crippen LogP contribution is -2.37. The molecule has 2 rings (SSSR count). The van der Waals surface area contributed by atoms with Crippen molar-refractivity contribution in [2.45, 2.75) is 51.9 Å². The number of benzene rings is 1. The van der Waals surface area contributed by atoms with Crippen LogP contribution in [0.5, 0.6) is 0 Å². The van der Waals surface area contributed by atoms with Crippen LogP contribution in [-0.2, 0) is 4.79 Å². The zero-order valence-electron chi connectivity index (χ0n) is 13.1. The zero-order chi connectivity index (χ0) is 15.2. The molecule has 0 N–H and O–H groups in total. The quantitative estimate of drug-likeness (QED) is 0.704. The van der Waals surface area contributed by atoms with Gasteiger partial charge in [-0.3, -0.25) is 4.79 Å². The van der Waals surface area contributed by atoms with Gasteiger partial charge in [-0.2, -0.15) is 0 Å². The number of carbonyl (C=O) groups is 1. The molecule has 2 nitrogen and oxygen atoms in total. The second kappa shape index (κ2) is 7.84. The molecule has 1 amide bonds. The molecular formula is C18H26ClNO. The molecule has 0 unspecified atom stereocenters. The predicted molar refractivity (Wildman–Crippen MR) is 90.2 cm³/mol. The Hall–Kier alpha value is -1.02. The van der Waals surface area contributed by atoms with Gasteiger partial charge in [0.1, 0.15) is 5.88 Å². The number of hydrogen-bond acceptors (Lipinski definition) is 1. The number of halogens is 1. The molecule has 1 aliphatic carbocycles. The minimum absolute atomic E-state index is 0.0168. The van der Waals surface area contributed by atoms with E-state index in [0.717, 1.165) is 12.2 Å². The Morgan fingerprint density at radius 2 is 2.00 bits per heavy atom. The topological polar surface area (TPSA) is 20.3 Å². The highest BCUT2D eigenvalue weighted by molar-refractivity contribution is 6.29. The SMILES string of the molecule is CC(C)c1cccc(N(CC2CCCCC2)C(=O)CCl)c1. The average Bonchev–Trinajstić information content (AvgIpc) is 2.53. The van der Waals surface area contributed by atoms with E-state index in [1.807, 2.05) is 17.0 Å². The Morgan fingerprint density at radius 3 is 2.62 bits per heavy atom. The maximum atomic E-state index is 12.3. The van der Waals surface area contributed by atoms with Crippen molar-refractivity contribution in [2.24, 2.45) is 5.92 Å². The molecule has 1 saturated carbocycles. The third-order valence-electron chi connectivity index (χ3n) is 4.43. The first-order chi connectivity index (χ1) is 10.1. The number of alkyl halides is 1. The number of rotatable bonds is 5. The Kier molecular flexibility index (Phi) is 6.10. The molecule has 21 heavy (non-hydrogen) atoms. The second-order valence-electron chi connectivity index (χ2n) is 6.39. The first kappa shape index (κ1) is 16.4. The van der Waals surface area contributed by atoms with Gasteiger partial charge in [0, 0.05) is 12.2 Å². The molecule has 1 aromatic carbocycles. The molecule has 0 aliphatic heterocycles. The number of nitrogens with zero attached hydrogens (tertiary/aromatic N) is 1. The predicted octanol–water partition coefficient (Wildman–Crippen LogP) is 4.96. The van der Waals surface area contributed by atoms with Gasteiger partial charge in [0.25, 0.3) is 0 Å². The highest BCUT2D eigenvalue weighted by Crippen LogP contribution is 2.28. The summed E-state index contributed by atoms with van der Waals surface area (Å²) in [6.07, 6.45) is 6.38. The molecule has 0 radical (unpaired) electrons. The third kappa shape index (κ3) is 4.47. The van der Waals surface area contributed by atoms with Gasteiger partial charge in [-0.25, -0.2) is 0 Å². The lowest BCUT2D eigenvalue weighted by Gasteiger charge is -2.30. The van der Waals surface area contributed by atoms with Gasteiger partial charge in [-0.15, -0.1) is 11.6 Å². The first-order valence-corrected chi connectivity index (χ1v) is 8.61. The summed E-state index contributed by atoms with van der Waals surface area (Å²) >= 11 is 5.83. The monoisotopic (exact) mass is 307 g/mol. The molecule has 1 aromatic rings. The number of carbonyl (C=O) groups excluding carboxylic acids is 1. The van der Waals surface area contributed by atoms with Crippen LogP contribution in [0.4, 0.5) is 5.69 Å². The molecule has 0 heterocycles. The van der Waals surface area contributed by atoms with Crippen LogP contribution in [0.15, 0.2) is 24.3 Å². The lowest BCUT2D eigenvalue weighted by molar-refractivity contribution is -0.116. The molecule has 0 spiro atoms. The van der Waals surface area contributed by atoms with E-state index in [1.54, 1.807) is 0 Å². The maximum Gasteiger partial charge on any atom is 0.241 e. The summed E-state index contributed by atoms with van der Waals surface area (Å²) in [5.41, 5.74) is 2.26. The largest absolute Gasteiger partial charge is 0.311 e. The van der Waals surface area contributed by atoms with E-state index in [4.69, 9.17) is 11.6 Å². The standard InChI is InChI=1S/C18H26ClNO/c1-14(2)16-9-6-10-17(11-16)20(18(21)12-19)13-15-7-4-3-5-8-15/h6,9-11,14-15H,3-5,7-8,12-13H2,1-2H3. The number of amides is 1. The fourth-order valence-corrected chi connectivity index (χ4v) is 3.25. The zero-order valence-corrected chi connectivity index (χ0v) is 13.9. The molecule has 0 aromatic heterocycles. The Morgan fingerprint density at radius 1 is 1.29 bits per heavy atom. The minimum Gasteiger partial charge on any atom is -0.311 e. The summed E-state index contributed by atoms with van der Waals surface area (Å²) in [6.45, 7) is 5.16. The second-order valence-corrected chi connectivity index (χ2v) is 6.66. The summed E-state index contributed by atoms with van der Waals surface area (Å²) in [5, 5.41) is 0. The molecule has 1 fully saturated rings. The molecular weight excluding hydrogens is 282 g/mol. The van der Waals surface area contributed by atoms with Crippen molar-refractivity contribution in [1.82, 2.24) is 0 Å². The number of hydrogen-bond donors (Lipinski definition) is 0. The van der Waals surface area contributed by atoms with Crippen molar-refractivity contribution in [3.63, 3.8) is 0 Å². The summed E-state index contributed by atoms with van der Waals surface area (Å²) in [5.74, 6) is 1.16. The molecule has 3 heteroatoms. The van der Waals surface area contributed by atoms with Gasteiger partial charge >= 0.3 is 0 Å². The van der Waals surface area contributed by atoms with Crippen LogP contribution in [0.1, 0.15) is 57.4 Å². The van der Waals surface area contributed by atoms with E-state index in [1.165, 1.54) is 37.7 Å². The van der Waals surface area contributed by atoms with Crippen molar-refractivity contribution in [3.8, 4) is 0 Å². The van der Waals surface area contributed by atoms with Crippen LogP contribution in [0.2, 0.25) is 0 Å². The van der Waals surface area contributed by atoms with Gasteiger partial charge in [0.05, 0.1) is 0 Å². The van der Waals surface area contributed by atoms with E-state index < -0.39 is 0 Å². The molecule has 0 atom stereocenters. The molecule has 1 aliphatic rings. The maximum absolute atomic E-state index is 12.3. The third-order valence-corrected chi connectivity index (χ3v) is 4.66. The molecule has 0 saturated heterocycles. The van der Waals surface area contributed by atoms with Gasteiger partial charge in [-0.05, 0) is 42.4 Å². The van der Waals surface area contributed by atoms with Crippen molar-refractivity contribution in [1.29, 1.82) is 0 Å². The van der Waals surface area contributed by atoms with Crippen molar-refractivity contribution < 1.29 is 4.79 Å². The van der Waals surface area contributed by atoms with Gasteiger partial charge in [0.2, 0.25) is 5.91 Å². The van der Waals surface area contributed by atoms with Gasteiger partial charge < -0.3 is 4.90 Å². The van der Waals surface area contributed by atoms with Crippen LogP contribution in [0.25, 0.3) is 0 Å². The highest BCUT2D eigenvalue weighted by Gasteiger charge is 2.22. The Bertz CT molecular complexity index is 466. The van der Waals surface area contributed by atoms with Crippen LogP contribution in [-0.4, -0.2) is 18.3 Å². The van der Waals surface area contributed by atoms with Crippen LogP contribution in [0, 0.1) is 5.92 Å². The van der Waals surface area contributed by atoms with Crippen molar-refractivity contribution >= 4 is 23.2 Å².